The predicted octanol–water partition coefficient (Wildman–Crippen LogP) is -2.42. The fraction of sp³-hybridized carbons (Fsp3) is 0.429. The number of amides is 1. The minimum absolute atomic E-state index is 0.198. The van der Waals surface area contributed by atoms with E-state index in [4.69, 9.17) is 9.47 Å². The van der Waals surface area contributed by atoms with Crippen LogP contribution in [0.1, 0.15) is 6.92 Å². The summed E-state index contributed by atoms with van der Waals surface area (Å²) in [5.74, 6) is -1.79. The number of aliphatic hydroxyl groups is 3. The average molecular weight is 326 g/mol. The van der Waals surface area contributed by atoms with Crippen molar-refractivity contribution < 1.29 is 39.5 Å². The molecule has 9 nitrogen and oxygen atoms in total. The second-order valence-corrected chi connectivity index (χ2v) is 5.04. The molecule has 0 spiro atoms. The first kappa shape index (κ1) is 17.2. The lowest BCUT2D eigenvalue weighted by Gasteiger charge is -2.40. The van der Waals surface area contributed by atoms with E-state index < -0.39 is 36.7 Å². The molecule has 1 saturated heterocycles. The first-order chi connectivity index (χ1) is 10.8. The highest BCUT2D eigenvalue weighted by Crippen LogP contribution is 2.25. The van der Waals surface area contributed by atoms with Gasteiger partial charge in [-0.25, -0.2) is 0 Å². The van der Waals surface area contributed by atoms with Crippen LogP contribution in [0.25, 0.3) is 0 Å². The van der Waals surface area contributed by atoms with Gasteiger partial charge in [-0.2, -0.15) is 0 Å². The number of benzene rings is 1. The Balaban J connectivity index is 2.08. The van der Waals surface area contributed by atoms with E-state index in [9.17, 15) is 30.0 Å². The smallest absolute Gasteiger partial charge is 0.229 e. The summed E-state index contributed by atoms with van der Waals surface area (Å²) in [7, 11) is 0. The molecule has 1 aromatic carbocycles. The molecule has 1 aliphatic heterocycles. The van der Waals surface area contributed by atoms with Gasteiger partial charge in [0.25, 0.3) is 0 Å². The van der Waals surface area contributed by atoms with E-state index in [1.807, 2.05) is 0 Å². The number of carboxylic acid groups (broad SMARTS) is 1. The molecule has 0 saturated carbocycles. The average Bonchev–Trinajstić information content (AvgIpc) is 2.48. The van der Waals surface area contributed by atoms with Gasteiger partial charge in [0.1, 0.15) is 30.2 Å². The summed E-state index contributed by atoms with van der Waals surface area (Å²) < 4.78 is 10.2. The number of nitrogens with one attached hydrogen (secondary N) is 1. The number of aliphatic carboxylic acids is 1. The maximum Gasteiger partial charge on any atom is 0.229 e. The molecule has 1 fully saturated rings. The molecule has 9 heteroatoms. The molecule has 1 aromatic rings. The molecule has 0 bridgehead atoms. The van der Waals surface area contributed by atoms with Gasteiger partial charge in [-0.3, -0.25) is 4.79 Å². The monoisotopic (exact) mass is 326 g/mol. The van der Waals surface area contributed by atoms with Gasteiger partial charge in [-0.1, -0.05) is 0 Å². The van der Waals surface area contributed by atoms with Crippen LogP contribution < -0.4 is 15.2 Å². The van der Waals surface area contributed by atoms with Gasteiger partial charge in [0, 0.05) is 12.6 Å². The van der Waals surface area contributed by atoms with Crippen LogP contribution in [0.15, 0.2) is 24.3 Å². The number of hydrogen-bond donors (Lipinski definition) is 4. The van der Waals surface area contributed by atoms with E-state index in [2.05, 4.69) is 5.32 Å². The quantitative estimate of drug-likeness (QED) is 0.478. The third-order valence-corrected chi connectivity index (χ3v) is 3.23. The molecule has 0 aromatic heterocycles. The van der Waals surface area contributed by atoms with Crippen molar-refractivity contribution in [2.24, 2.45) is 0 Å². The number of ether oxygens (including phenoxy) is 2. The topological polar surface area (TPSA) is 148 Å². The number of hydrogen-bond acceptors (Lipinski definition) is 8. The Bertz CT molecular complexity index is 575. The molecule has 0 radical (unpaired) electrons. The summed E-state index contributed by atoms with van der Waals surface area (Å²) in [6.45, 7) is 1.35. The predicted molar refractivity (Wildman–Crippen MR) is 73.1 cm³/mol. The minimum atomic E-state index is -1.84. The lowest BCUT2D eigenvalue weighted by atomic mass is 9.99. The molecular formula is C14H16NO8-. The number of anilines is 1. The first-order valence-electron chi connectivity index (χ1n) is 6.74. The molecule has 2 rings (SSSR count). The van der Waals surface area contributed by atoms with Crippen molar-refractivity contribution in [2.45, 2.75) is 37.6 Å². The van der Waals surface area contributed by atoms with Gasteiger partial charge in [-0.05, 0) is 24.3 Å². The molecular weight excluding hydrogens is 310 g/mol. The summed E-state index contributed by atoms with van der Waals surface area (Å²) in [5.41, 5.74) is 0.512. The third-order valence-electron chi connectivity index (χ3n) is 3.23. The largest absolute Gasteiger partial charge is 0.547 e. The molecule has 1 amide bonds. The fourth-order valence-corrected chi connectivity index (χ4v) is 2.09. The molecule has 23 heavy (non-hydrogen) atoms. The van der Waals surface area contributed by atoms with Crippen molar-refractivity contribution in [1.29, 1.82) is 0 Å². The van der Waals surface area contributed by atoms with Crippen molar-refractivity contribution in [2.75, 3.05) is 5.32 Å². The van der Waals surface area contributed by atoms with Gasteiger partial charge in [0.05, 0.1) is 5.97 Å². The Morgan fingerprint density at radius 3 is 2.26 bits per heavy atom. The Hall–Kier alpha value is -2.20. The summed E-state index contributed by atoms with van der Waals surface area (Å²) >= 11 is 0. The summed E-state index contributed by atoms with van der Waals surface area (Å²) in [6, 6.07) is 5.94. The van der Waals surface area contributed by atoms with E-state index in [0.29, 0.717) is 5.69 Å². The van der Waals surface area contributed by atoms with E-state index >= 15 is 0 Å². The van der Waals surface area contributed by atoms with Crippen LogP contribution in [0.3, 0.4) is 0 Å². The molecule has 5 atom stereocenters. The van der Waals surface area contributed by atoms with Gasteiger partial charge in [0.2, 0.25) is 12.2 Å². The molecule has 126 valence electrons. The SMILES string of the molecule is CC(=O)Nc1ccc(O[C@@H]2O[C@H](C(=O)[O-])[C@@H](O)[C@H](O)[C@H]2O)cc1. The fourth-order valence-electron chi connectivity index (χ4n) is 2.09. The van der Waals surface area contributed by atoms with Crippen LogP contribution in [0.5, 0.6) is 5.75 Å². The number of carbonyl (C=O) groups excluding carboxylic acids is 2. The third kappa shape index (κ3) is 3.96. The van der Waals surface area contributed by atoms with Crippen molar-refractivity contribution in [3.63, 3.8) is 0 Å². The molecule has 0 aliphatic carbocycles. The highest BCUT2D eigenvalue weighted by molar-refractivity contribution is 5.88. The maximum absolute atomic E-state index is 10.9. The zero-order valence-corrected chi connectivity index (χ0v) is 12.1. The number of aliphatic hydroxyl groups excluding tert-OH is 3. The second kappa shape index (κ2) is 6.92. The molecule has 1 heterocycles. The van der Waals surface area contributed by atoms with Crippen LogP contribution in [-0.4, -0.2) is 57.9 Å². The van der Waals surface area contributed by atoms with Crippen molar-refractivity contribution >= 4 is 17.6 Å². The van der Waals surface area contributed by atoms with Gasteiger partial charge < -0.3 is 40.0 Å². The standard InChI is InChI=1S/C14H17NO8/c1-6(16)15-7-2-4-8(5-3-7)22-14-11(19)9(17)10(18)12(23-14)13(20)21/h2-5,9-12,14,17-19H,1H3,(H,15,16)(H,20,21)/p-1/t9-,10-,11+,12-,14+/m0/s1. The van der Waals surface area contributed by atoms with Crippen LogP contribution in [0.2, 0.25) is 0 Å². The molecule has 4 N–H and O–H groups in total. The summed E-state index contributed by atoms with van der Waals surface area (Å²) in [4.78, 5) is 21.8. The Kier molecular flexibility index (Phi) is 5.16. The van der Waals surface area contributed by atoms with E-state index in [1.165, 1.54) is 31.2 Å². The first-order valence-corrected chi connectivity index (χ1v) is 6.74. The maximum atomic E-state index is 10.9. The van der Waals surface area contributed by atoms with Gasteiger partial charge in [0.15, 0.2) is 0 Å². The number of carboxylic acids is 1. The van der Waals surface area contributed by atoms with Crippen LogP contribution in [-0.2, 0) is 14.3 Å². The Morgan fingerprint density at radius 2 is 1.74 bits per heavy atom. The lowest BCUT2D eigenvalue weighted by molar-refractivity contribution is -0.342. The van der Waals surface area contributed by atoms with E-state index in [-0.39, 0.29) is 11.7 Å². The van der Waals surface area contributed by atoms with Crippen LogP contribution in [0, 0.1) is 0 Å². The number of carbonyl (C=O) groups is 2. The van der Waals surface area contributed by atoms with E-state index in [0.717, 1.165) is 0 Å². The molecule has 1 aliphatic rings. The van der Waals surface area contributed by atoms with Gasteiger partial charge >= 0.3 is 0 Å². The highest BCUT2D eigenvalue weighted by atomic mass is 16.7. The Labute approximate surface area is 131 Å². The summed E-state index contributed by atoms with van der Waals surface area (Å²) in [6.07, 6.45) is -8.61. The Morgan fingerprint density at radius 1 is 1.13 bits per heavy atom. The highest BCUT2D eigenvalue weighted by Gasteiger charge is 2.45. The van der Waals surface area contributed by atoms with Crippen molar-refractivity contribution in [1.82, 2.24) is 0 Å². The minimum Gasteiger partial charge on any atom is -0.547 e. The lowest BCUT2D eigenvalue weighted by Crippen LogP contribution is -2.63. The van der Waals surface area contributed by atoms with Gasteiger partial charge in [-0.15, -0.1) is 0 Å². The zero-order valence-electron chi connectivity index (χ0n) is 12.1. The van der Waals surface area contributed by atoms with Crippen LogP contribution in [0.4, 0.5) is 5.69 Å². The van der Waals surface area contributed by atoms with Crippen molar-refractivity contribution in [3.05, 3.63) is 24.3 Å². The summed E-state index contributed by atoms with van der Waals surface area (Å²) in [5, 5.41) is 42.4. The normalized spacial score (nSPS) is 30.5. The zero-order chi connectivity index (χ0) is 17.1. The molecule has 0 unspecified atom stereocenters. The van der Waals surface area contributed by atoms with Crippen LogP contribution >= 0.6 is 0 Å². The second-order valence-electron chi connectivity index (χ2n) is 5.04. The van der Waals surface area contributed by atoms with E-state index in [1.54, 1.807) is 0 Å². The van der Waals surface area contributed by atoms with Crippen molar-refractivity contribution in [3.8, 4) is 5.75 Å². The number of rotatable bonds is 4.